The van der Waals surface area contributed by atoms with E-state index in [4.69, 9.17) is 21.6 Å². The molecule has 2 amide bonds. The standard InChI is InChI=1S/C28H20ClF8N3O4/c1-3-26(32,33)27(34,28(35,36)37)16-11-18(29)21(20(12-16)44-25(30)31)40-24(42)17-5-4-6-19(22(17)43-2)39-23(41)15-9-7-14(13-38)8-10-15/h4-12,25H,3H2,1-2H3,(H,39,41)(H,40,42). The summed E-state index contributed by atoms with van der Waals surface area (Å²) in [4.78, 5) is 25.9. The van der Waals surface area contributed by atoms with Crippen LogP contribution in [0.1, 0.15) is 45.2 Å². The number of ether oxygens (including phenoxy) is 2. The second-order valence-corrected chi connectivity index (χ2v) is 9.31. The van der Waals surface area contributed by atoms with Gasteiger partial charge < -0.3 is 20.1 Å². The highest BCUT2D eigenvalue weighted by molar-refractivity contribution is 6.34. The minimum absolute atomic E-state index is 0.0594. The third-order valence-corrected chi connectivity index (χ3v) is 6.53. The number of amides is 2. The molecular formula is C28H20ClF8N3O4. The molecule has 0 aliphatic carbocycles. The van der Waals surface area contributed by atoms with Crippen molar-refractivity contribution in [1.29, 1.82) is 5.26 Å². The molecule has 2 N–H and O–H groups in total. The van der Waals surface area contributed by atoms with E-state index in [0.717, 1.165) is 13.2 Å². The first-order valence-electron chi connectivity index (χ1n) is 12.2. The summed E-state index contributed by atoms with van der Waals surface area (Å²) in [6, 6.07) is 11.2. The Balaban J connectivity index is 2.05. The monoisotopic (exact) mass is 649 g/mol. The van der Waals surface area contributed by atoms with Gasteiger partial charge in [-0.05, 0) is 48.5 Å². The first kappa shape index (κ1) is 33.9. The van der Waals surface area contributed by atoms with Crippen molar-refractivity contribution in [3.05, 3.63) is 81.9 Å². The van der Waals surface area contributed by atoms with Crippen LogP contribution in [0.3, 0.4) is 0 Å². The molecule has 0 aliphatic rings. The lowest BCUT2D eigenvalue weighted by molar-refractivity contribution is -0.310. The topological polar surface area (TPSA) is 100 Å². The fraction of sp³-hybridized carbons (Fsp3) is 0.250. The van der Waals surface area contributed by atoms with Crippen molar-refractivity contribution in [2.24, 2.45) is 0 Å². The molecule has 234 valence electrons. The molecule has 0 aliphatic heterocycles. The van der Waals surface area contributed by atoms with E-state index < -0.39 is 64.6 Å². The lowest BCUT2D eigenvalue weighted by atomic mass is 9.86. The number of carbonyl (C=O) groups is 2. The van der Waals surface area contributed by atoms with Crippen LogP contribution < -0.4 is 20.1 Å². The molecule has 0 heterocycles. The zero-order chi connectivity index (χ0) is 33.0. The van der Waals surface area contributed by atoms with Crippen molar-refractivity contribution in [2.45, 2.75) is 37.7 Å². The van der Waals surface area contributed by atoms with Gasteiger partial charge in [0.2, 0.25) is 0 Å². The molecule has 3 aromatic rings. The summed E-state index contributed by atoms with van der Waals surface area (Å²) < 4.78 is 121. The van der Waals surface area contributed by atoms with Crippen LogP contribution in [0.15, 0.2) is 54.6 Å². The average Bonchev–Trinajstić information content (AvgIpc) is 2.97. The molecule has 16 heteroatoms. The van der Waals surface area contributed by atoms with Crippen LogP contribution >= 0.6 is 11.6 Å². The van der Waals surface area contributed by atoms with E-state index in [1.54, 1.807) is 0 Å². The van der Waals surface area contributed by atoms with Crippen LogP contribution in [0, 0.1) is 11.3 Å². The molecule has 0 fully saturated rings. The van der Waals surface area contributed by atoms with E-state index in [2.05, 4.69) is 10.1 Å². The molecule has 0 radical (unpaired) electrons. The summed E-state index contributed by atoms with van der Waals surface area (Å²) in [5, 5.41) is 12.4. The van der Waals surface area contributed by atoms with Crippen molar-refractivity contribution in [2.75, 3.05) is 17.7 Å². The molecule has 7 nitrogen and oxygen atoms in total. The van der Waals surface area contributed by atoms with Crippen molar-refractivity contribution in [1.82, 2.24) is 0 Å². The second-order valence-electron chi connectivity index (χ2n) is 8.91. The highest BCUT2D eigenvalue weighted by atomic mass is 35.5. The average molecular weight is 650 g/mol. The van der Waals surface area contributed by atoms with Gasteiger partial charge in [-0.15, -0.1) is 0 Å². The van der Waals surface area contributed by atoms with E-state index in [0.29, 0.717) is 6.92 Å². The number of hydrogen-bond donors (Lipinski definition) is 2. The summed E-state index contributed by atoms with van der Waals surface area (Å²) in [6.45, 7) is -3.18. The van der Waals surface area contributed by atoms with Gasteiger partial charge in [-0.1, -0.05) is 24.6 Å². The van der Waals surface area contributed by atoms with Crippen LogP contribution in [0.5, 0.6) is 11.5 Å². The first-order valence-corrected chi connectivity index (χ1v) is 12.6. The van der Waals surface area contributed by atoms with Crippen LogP contribution in [0.25, 0.3) is 0 Å². The number of nitrogens with zero attached hydrogens (tertiary/aromatic N) is 1. The maximum absolute atomic E-state index is 15.2. The van der Waals surface area contributed by atoms with Crippen LogP contribution in [0.2, 0.25) is 5.02 Å². The Kier molecular flexibility index (Phi) is 9.99. The Hall–Kier alpha value is -4.58. The molecule has 0 saturated carbocycles. The summed E-state index contributed by atoms with van der Waals surface area (Å²) in [5.74, 6) is -8.54. The fourth-order valence-electron chi connectivity index (χ4n) is 4.02. The minimum Gasteiger partial charge on any atom is -0.494 e. The van der Waals surface area contributed by atoms with E-state index in [-0.39, 0.29) is 40.3 Å². The quantitative estimate of drug-likeness (QED) is 0.216. The first-order chi connectivity index (χ1) is 20.5. The molecule has 1 atom stereocenters. The van der Waals surface area contributed by atoms with Gasteiger partial charge in [0.25, 0.3) is 23.4 Å². The molecule has 0 aromatic heterocycles. The largest absolute Gasteiger partial charge is 0.494 e. The summed E-state index contributed by atoms with van der Waals surface area (Å²) in [6.07, 6.45) is -7.85. The summed E-state index contributed by atoms with van der Waals surface area (Å²) >= 11 is 5.94. The molecular weight excluding hydrogens is 630 g/mol. The van der Waals surface area contributed by atoms with E-state index >= 15 is 4.39 Å². The molecule has 3 rings (SSSR count). The number of nitriles is 1. The molecule has 0 spiro atoms. The number of rotatable bonds is 10. The van der Waals surface area contributed by atoms with Crippen molar-refractivity contribution in [3.63, 3.8) is 0 Å². The number of carbonyl (C=O) groups excluding carboxylic acids is 2. The zero-order valence-corrected chi connectivity index (χ0v) is 23.2. The lowest BCUT2D eigenvalue weighted by Crippen LogP contribution is -2.52. The van der Waals surface area contributed by atoms with Gasteiger partial charge in [-0.2, -0.15) is 27.2 Å². The number of alkyl halides is 8. The molecule has 0 bridgehead atoms. The summed E-state index contributed by atoms with van der Waals surface area (Å²) in [5.41, 5.74) is -8.13. The van der Waals surface area contributed by atoms with Crippen molar-refractivity contribution >= 4 is 34.8 Å². The fourth-order valence-corrected chi connectivity index (χ4v) is 4.28. The number of para-hydroxylation sites is 1. The maximum atomic E-state index is 15.2. The Morgan fingerprint density at radius 2 is 1.61 bits per heavy atom. The highest BCUT2D eigenvalue weighted by Gasteiger charge is 2.71. The van der Waals surface area contributed by atoms with E-state index in [1.165, 1.54) is 36.4 Å². The number of nitrogens with one attached hydrogen (secondary N) is 2. The molecule has 1 unspecified atom stereocenters. The minimum atomic E-state index is -6.22. The normalized spacial score (nSPS) is 13.1. The number of benzene rings is 3. The van der Waals surface area contributed by atoms with Crippen molar-refractivity contribution < 1.29 is 54.2 Å². The molecule has 0 saturated heterocycles. The lowest BCUT2D eigenvalue weighted by Gasteiger charge is -2.35. The van der Waals surface area contributed by atoms with Crippen LogP contribution in [0.4, 0.5) is 46.5 Å². The van der Waals surface area contributed by atoms with Crippen molar-refractivity contribution in [3.8, 4) is 17.6 Å². The van der Waals surface area contributed by atoms with Gasteiger partial charge in [-0.25, -0.2) is 13.2 Å². The van der Waals surface area contributed by atoms with Gasteiger partial charge in [0, 0.05) is 17.5 Å². The Morgan fingerprint density at radius 1 is 0.977 bits per heavy atom. The van der Waals surface area contributed by atoms with E-state index in [1.807, 2.05) is 11.4 Å². The third kappa shape index (κ3) is 6.65. The second kappa shape index (κ2) is 13.0. The predicted octanol–water partition coefficient (Wildman–Crippen LogP) is 8.10. The van der Waals surface area contributed by atoms with Gasteiger partial charge in [0.15, 0.2) is 11.5 Å². The molecule has 44 heavy (non-hydrogen) atoms. The Bertz CT molecular complexity index is 1590. The molecule has 3 aromatic carbocycles. The van der Waals surface area contributed by atoms with Gasteiger partial charge >= 0.3 is 12.8 Å². The Morgan fingerprint density at radius 3 is 2.14 bits per heavy atom. The number of methoxy groups -OCH3 is 1. The summed E-state index contributed by atoms with van der Waals surface area (Å²) in [7, 11) is 1.11. The van der Waals surface area contributed by atoms with Crippen LogP contribution in [-0.2, 0) is 5.67 Å². The number of hydrogen-bond acceptors (Lipinski definition) is 5. The number of anilines is 2. The van der Waals surface area contributed by atoms with Crippen LogP contribution in [-0.4, -0.2) is 37.6 Å². The third-order valence-electron chi connectivity index (χ3n) is 6.23. The van der Waals surface area contributed by atoms with E-state index in [9.17, 15) is 40.3 Å². The Labute approximate surface area is 249 Å². The zero-order valence-electron chi connectivity index (χ0n) is 22.5. The number of halogens is 9. The van der Waals surface area contributed by atoms with Gasteiger partial charge in [0.1, 0.15) is 5.69 Å². The predicted molar refractivity (Wildman–Crippen MR) is 142 cm³/mol. The highest BCUT2D eigenvalue weighted by Crippen LogP contribution is 2.55. The smallest absolute Gasteiger partial charge is 0.432 e. The SMILES string of the molecule is CCC(F)(F)C(F)(c1cc(Cl)c(NC(=O)c2cccc(NC(=O)c3ccc(C#N)cc3)c2OC)c(OC(F)F)c1)C(F)(F)F. The van der Waals surface area contributed by atoms with Gasteiger partial charge in [-0.3, -0.25) is 9.59 Å². The maximum Gasteiger partial charge on any atom is 0.432 e. The van der Waals surface area contributed by atoms with Gasteiger partial charge in [0.05, 0.1) is 35.0 Å².